The maximum absolute atomic E-state index is 13.0. The van der Waals surface area contributed by atoms with Crippen molar-refractivity contribution in [1.82, 2.24) is 0 Å². The van der Waals surface area contributed by atoms with E-state index >= 15 is 0 Å². The lowest BCUT2D eigenvalue weighted by molar-refractivity contribution is -0.117. The van der Waals surface area contributed by atoms with Crippen molar-refractivity contribution in [3.8, 4) is 0 Å². The third-order valence-corrected chi connectivity index (χ3v) is 7.20. The molecule has 37 heavy (non-hydrogen) atoms. The molecule has 0 aliphatic carbocycles. The number of hydrogen-bond acceptors (Lipinski definition) is 6. The summed E-state index contributed by atoms with van der Waals surface area (Å²) in [6.07, 6.45) is 3.34. The van der Waals surface area contributed by atoms with Gasteiger partial charge in [-0.15, -0.1) is 0 Å². The highest BCUT2D eigenvalue weighted by molar-refractivity contribution is 14.1. The number of aliphatic imine (C=N–C) groups is 2. The number of amidine groups is 1. The van der Waals surface area contributed by atoms with E-state index in [-0.39, 0.29) is 27.6 Å². The molecule has 0 aliphatic heterocycles. The molecule has 2 aromatic rings. The van der Waals surface area contributed by atoms with Crippen LogP contribution >= 0.6 is 22.6 Å². The molecule has 0 spiro atoms. The van der Waals surface area contributed by atoms with Crippen LogP contribution in [0.25, 0.3) is 0 Å². The maximum atomic E-state index is 13.0. The third-order valence-electron chi connectivity index (χ3n) is 5.08. The molecule has 11 nitrogen and oxygen atoms in total. The van der Waals surface area contributed by atoms with Crippen LogP contribution in [0.3, 0.4) is 0 Å². The quantitative estimate of drug-likeness (QED) is 0.0688. The summed E-state index contributed by atoms with van der Waals surface area (Å²) in [4.78, 5) is 32.3. The van der Waals surface area contributed by atoms with Gasteiger partial charge in [0.15, 0.2) is 9.80 Å². The first-order valence-corrected chi connectivity index (χ1v) is 14.2. The second-order valence-corrected chi connectivity index (χ2v) is 11.1. The highest BCUT2D eigenvalue weighted by atomic mass is 127. The molecule has 8 N–H and O–H groups in total. The molecular formula is C24H32IN7O4S. The summed E-state index contributed by atoms with van der Waals surface area (Å²) >= 11 is 1.93. The number of amides is 2. The molecule has 0 aromatic heterocycles. The average Bonchev–Trinajstić information content (AvgIpc) is 2.84. The van der Waals surface area contributed by atoms with E-state index in [1.165, 1.54) is 24.3 Å². The second-order valence-electron chi connectivity index (χ2n) is 8.07. The molecule has 0 unspecified atom stereocenters. The molecule has 2 rings (SSSR count). The van der Waals surface area contributed by atoms with Gasteiger partial charge in [-0.2, -0.15) is 0 Å². The fraction of sp³-hybridized carbons (Fsp3) is 0.333. The zero-order valence-corrected chi connectivity index (χ0v) is 23.3. The zero-order valence-electron chi connectivity index (χ0n) is 20.3. The van der Waals surface area contributed by atoms with Crippen molar-refractivity contribution in [2.75, 3.05) is 23.7 Å². The molecule has 2 amide bonds. The van der Waals surface area contributed by atoms with E-state index in [0.717, 1.165) is 6.42 Å². The molecule has 0 fully saturated rings. The smallest absolute Gasteiger partial charge is 0.224 e. The van der Waals surface area contributed by atoms with Gasteiger partial charge in [0.2, 0.25) is 21.7 Å². The van der Waals surface area contributed by atoms with Crippen molar-refractivity contribution in [3.63, 3.8) is 0 Å². The van der Waals surface area contributed by atoms with Gasteiger partial charge < -0.3 is 27.8 Å². The van der Waals surface area contributed by atoms with Crippen molar-refractivity contribution in [2.24, 2.45) is 27.2 Å². The standard InChI is InChI=1S/C24H32IN7O4S/c25-23(26)29-15-3-1-5-21(33)31-17-7-11-19(12-8-17)37(35,36)20-13-9-18(10-14-20)32-22(34)6-2-4-16-30-24(27)28/h7-14H,1-6,15-16H2,(H2,26,29)(H,31,33)(H,32,34)(H4,27,28,30). The van der Waals surface area contributed by atoms with Gasteiger partial charge >= 0.3 is 0 Å². The Morgan fingerprint density at radius 3 is 1.49 bits per heavy atom. The number of nitrogens with one attached hydrogen (secondary N) is 2. The number of carbonyl (C=O) groups is 2. The first-order chi connectivity index (χ1) is 17.6. The van der Waals surface area contributed by atoms with Gasteiger partial charge in [0, 0.05) is 37.3 Å². The van der Waals surface area contributed by atoms with E-state index in [1.54, 1.807) is 24.3 Å². The Labute approximate surface area is 230 Å². The number of rotatable bonds is 14. The van der Waals surface area contributed by atoms with Gasteiger partial charge in [0.05, 0.1) is 9.79 Å². The van der Waals surface area contributed by atoms with E-state index in [2.05, 4.69) is 20.6 Å². The lowest BCUT2D eigenvalue weighted by Gasteiger charge is -2.09. The minimum atomic E-state index is -3.77. The van der Waals surface area contributed by atoms with Crippen LogP contribution < -0.4 is 27.8 Å². The van der Waals surface area contributed by atoms with E-state index in [4.69, 9.17) is 17.2 Å². The van der Waals surface area contributed by atoms with Gasteiger partial charge in [0.1, 0.15) is 0 Å². The Bertz CT molecular complexity index is 1120. The molecule has 200 valence electrons. The number of halogens is 1. The predicted octanol–water partition coefficient (Wildman–Crippen LogP) is 2.76. The van der Waals surface area contributed by atoms with E-state index in [9.17, 15) is 18.0 Å². The second kappa shape index (κ2) is 15.1. The average molecular weight is 642 g/mol. The van der Waals surface area contributed by atoms with E-state index in [1.807, 2.05) is 22.6 Å². The summed E-state index contributed by atoms with van der Waals surface area (Å²) in [5.74, 6) is -0.320. The third kappa shape index (κ3) is 11.2. The van der Waals surface area contributed by atoms with Gasteiger partial charge in [-0.3, -0.25) is 19.6 Å². The molecule has 0 saturated carbocycles. The van der Waals surface area contributed by atoms with Crippen molar-refractivity contribution < 1.29 is 18.0 Å². The Kier molecular flexibility index (Phi) is 12.3. The summed E-state index contributed by atoms with van der Waals surface area (Å²) in [6, 6.07) is 11.9. The van der Waals surface area contributed by atoms with Gasteiger partial charge in [0.25, 0.3) is 0 Å². The van der Waals surface area contributed by atoms with E-state index < -0.39 is 9.84 Å². The van der Waals surface area contributed by atoms with Crippen molar-refractivity contribution in [2.45, 2.75) is 48.3 Å². The first-order valence-electron chi connectivity index (χ1n) is 11.6. The maximum Gasteiger partial charge on any atom is 0.224 e. The summed E-state index contributed by atoms with van der Waals surface area (Å²) in [5.41, 5.74) is 17.0. The molecule has 0 bridgehead atoms. The largest absolute Gasteiger partial charge is 0.379 e. The van der Waals surface area contributed by atoms with Gasteiger partial charge in [-0.25, -0.2) is 8.42 Å². The van der Waals surface area contributed by atoms with Crippen LogP contribution in [-0.4, -0.2) is 43.1 Å². The van der Waals surface area contributed by atoms with Crippen LogP contribution in [0.2, 0.25) is 0 Å². The number of guanidine groups is 1. The van der Waals surface area contributed by atoms with Crippen LogP contribution in [0.15, 0.2) is 68.3 Å². The number of anilines is 2. The Morgan fingerprint density at radius 1 is 0.703 bits per heavy atom. The van der Waals surface area contributed by atoms with Crippen LogP contribution in [0.4, 0.5) is 11.4 Å². The van der Waals surface area contributed by atoms with Crippen molar-refractivity contribution >= 4 is 65.4 Å². The molecule has 0 radical (unpaired) electrons. The minimum absolute atomic E-state index is 0.0219. The Morgan fingerprint density at radius 2 is 1.11 bits per heavy atom. The van der Waals surface area contributed by atoms with Crippen molar-refractivity contribution in [1.29, 1.82) is 0 Å². The number of nitrogens with zero attached hydrogens (tertiary/aromatic N) is 2. The van der Waals surface area contributed by atoms with Gasteiger partial charge in [-0.05, 0) is 96.8 Å². The van der Waals surface area contributed by atoms with Crippen molar-refractivity contribution in [3.05, 3.63) is 48.5 Å². The van der Waals surface area contributed by atoms with Crippen LogP contribution in [0.5, 0.6) is 0 Å². The van der Waals surface area contributed by atoms with Crippen LogP contribution in [0, 0.1) is 0 Å². The predicted molar refractivity (Wildman–Crippen MR) is 154 cm³/mol. The monoisotopic (exact) mass is 641 g/mol. The summed E-state index contributed by atoms with van der Waals surface area (Å²) in [6.45, 7) is 1.03. The lowest BCUT2D eigenvalue weighted by Crippen LogP contribution is -2.23. The number of benzene rings is 2. The summed E-state index contributed by atoms with van der Waals surface area (Å²) in [5, 5.41) is 5.50. The minimum Gasteiger partial charge on any atom is -0.379 e. The molecule has 0 heterocycles. The summed E-state index contributed by atoms with van der Waals surface area (Å²) in [7, 11) is -3.77. The number of carbonyl (C=O) groups excluding carboxylic acids is 2. The molecule has 0 atom stereocenters. The highest BCUT2D eigenvalue weighted by Gasteiger charge is 2.18. The van der Waals surface area contributed by atoms with Gasteiger partial charge in [-0.1, -0.05) is 0 Å². The summed E-state index contributed by atoms with van der Waals surface area (Å²) < 4.78 is 26.4. The normalized spacial score (nSPS) is 11.5. The fourth-order valence-corrected chi connectivity index (χ4v) is 4.71. The molecular weight excluding hydrogens is 609 g/mol. The topological polar surface area (TPSA) is 195 Å². The van der Waals surface area contributed by atoms with E-state index in [0.29, 0.717) is 60.4 Å². The number of unbranched alkanes of at least 4 members (excludes halogenated alkanes) is 2. The van der Waals surface area contributed by atoms with Crippen LogP contribution in [0.1, 0.15) is 38.5 Å². The fourth-order valence-electron chi connectivity index (χ4n) is 3.21. The lowest BCUT2D eigenvalue weighted by atomic mass is 10.2. The highest BCUT2D eigenvalue weighted by Crippen LogP contribution is 2.24. The first kappa shape index (κ1) is 30.0. The number of hydrogen-bond donors (Lipinski definition) is 5. The van der Waals surface area contributed by atoms with Crippen LogP contribution in [-0.2, 0) is 19.4 Å². The molecule has 0 saturated heterocycles. The Hall–Kier alpha value is -3.20. The zero-order chi connectivity index (χ0) is 27.3. The Balaban J connectivity index is 1.87. The molecule has 13 heteroatoms. The number of sulfone groups is 1. The number of nitrogens with two attached hydrogens (primary N) is 3. The molecule has 2 aromatic carbocycles. The SMILES string of the molecule is NC(N)=NCCCCC(=O)Nc1ccc(S(=O)(=O)c2ccc(NC(=O)CCCCN=C(N)I)cc2)cc1. The molecule has 0 aliphatic rings.